The predicted molar refractivity (Wildman–Crippen MR) is 95.9 cm³/mol. The molecule has 0 aliphatic heterocycles. The number of carbonyl (C=O) groups is 1. The number of esters is 1. The van der Waals surface area contributed by atoms with Crippen molar-refractivity contribution in [3.8, 4) is 0 Å². The van der Waals surface area contributed by atoms with Crippen molar-refractivity contribution < 1.29 is 18.8 Å². The molecule has 1 aromatic carbocycles. The SMILES string of the molecule is COCP(=O)(N[C@@H](C)C(=O)OC(C)C)SCCc1ccccc1. The molecular weight excluding hydrogens is 333 g/mol. The minimum absolute atomic E-state index is 0.0752. The average Bonchev–Trinajstić information content (AvgIpc) is 2.47. The first-order valence-corrected chi connectivity index (χ1v) is 11.1. The van der Waals surface area contributed by atoms with Crippen LogP contribution in [0.5, 0.6) is 0 Å². The first kappa shape index (κ1) is 20.2. The van der Waals surface area contributed by atoms with Crippen molar-refractivity contribution in [2.24, 2.45) is 0 Å². The second kappa shape index (κ2) is 10.1. The lowest BCUT2D eigenvalue weighted by Crippen LogP contribution is -2.34. The number of ether oxygens (including phenoxy) is 2. The minimum atomic E-state index is -2.87. The Labute approximate surface area is 142 Å². The van der Waals surface area contributed by atoms with Crippen molar-refractivity contribution >= 4 is 23.8 Å². The number of methoxy groups -OCH3 is 1. The Bertz CT molecular complexity index is 524. The maximum Gasteiger partial charge on any atom is 0.323 e. The van der Waals surface area contributed by atoms with E-state index in [1.165, 1.54) is 24.1 Å². The van der Waals surface area contributed by atoms with Crippen molar-refractivity contribution in [1.82, 2.24) is 5.09 Å². The van der Waals surface area contributed by atoms with Crippen LogP contribution in [-0.2, 0) is 25.3 Å². The fourth-order valence-corrected chi connectivity index (χ4v) is 6.20. The van der Waals surface area contributed by atoms with Crippen LogP contribution < -0.4 is 5.09 Å². The van der Waals surface area contributed by atoms with Gasteiger partial charge in [0.1, 0.15) is 12.4 Å². The van der Waals surface area contributed by atoms with Crippen LogP contribution in [0.1, 0.15) is 26.3 Å². The summed E-state index contributed by atoms with van der Waals surface area (Å²) in [6.07, 6.45) is 0.691. The zero-order chi connectivity index (χ0) is 17.3. The van der Waals surface area contributed by atoms with Crippen LogP contribution in [-0.4, -0.2) is 37.3 Å². The van der Waals surface area contributed by atoms with E-state index in [0.717, 1.165) is 6.42 Å². The Balaban J connectivity index is 2.56. The molecule has 1 rings (SSSR count). The normalized spacial score (nSPS) is 15.2. The molecule has 0 bridgehead atoms. The number of carbonyl (C=O) groups excluding carboxylic acids is 1. The van der Waals surface area contributed by atoms with E-state index < -0.39 is 18.5 Å². The molecular formula is C16H26NO4PS. The van der Waals surface area contributed by atoms with Gasteiger partial charge in [-0.1, -0.05) is 41.7 Å². The lowest BCUT2D eigenvalue weighted by Gasteiger charge is -2.22. The first-order valence-electron chi connectivity index (χ1n) is 7.61. The Hall–Kier alpha value is -0.810. The summed E-state index contributed by atoms with van der Waals surface area (Å²) in [6.45, 7) is 2.36. The van der Waals surface area contributed by atoms with Gasteiger partial charge in [0, 0.05) is 12.9 Å². The van der Waals surface area contributed by atoms with Crippen LogP contribution in [0.4, 0.5) is 0 Å². The highest BCUT2D eigenvalue weighted by Gasteiger charge is 2.28. The van der Waals surface area contributed by atoms with E-state index in [9.17, 15) is 9.36 Å². The van der Waals surface area contributed by atoms with Gasteiger partial charge in [-0.25, -0.2) is 5.09 Å². The van der Waals surface area contributed by atoms with Gasteiger partial charge in [-0.2, -0.15) is 0 Å². The third-order valence-electron chi connectivity index (χ3n) is 2.93. The quantitative estimate of drug-likeness (QED) is 0.508. The second-order valence-corrected chi connectivity index (χ2v) is 10.6. The lowest BCUT2D eigenvalue weighted by molar-refractivity contribution is -0.148. The van der Waals surface area contributed by atoms with E-state index in [0.29, 0.717) is 5.75 Å². The van der Waals surface area contributed by atoms with E-state index in [-0.39, 0.29) is 12.5 Å². The van der Waals surface area contributed by atoms with Gasteiger partial charge in [-0.3, -0.25) is 9.36 Å². The summed E-state index contributed by atoms with van der Waals surface area (Å²) >= 11 is 1.32. The molecule has 1 N–H and O–H groups in total. The van der Waals surface area contributed by atoms with Crippen LogP contribution in [0.3, 0.4) is 0 Å². The van der Waals surface area contributed by atoms with Crippen molar-refractivity contribution in [2.45, 2.75) is 39.3 Å². The maximum atomic E-state index is 12.9. The Morgan fingerprint density at radius 1 is 1.26 bits per heavy atom. The summed E-state index contributed by atoms with van der Waals surface area (Å²) in [4.78, 5) is 11.9. The molecule has 0 aliphatic carbocycles. The van der Waals surface area contributed by atoms with Crippen molar-refractivity contribution in [1.29, 1.82) is 0 Å². The van der Waals surface area contributed by atoms with E-state index >= 15 is 0 Å². The zero-order valence-corrected chi connectivity index (χ0v) is 15.9. The van der Waals surface area contributed by atoms with Gasteiger partial charge >= 0.3 is 5.97 Å². The van der Waals surface area contributed by atoms with Gasteiger partial charge < -0.3 is 9.47 Å². The van der Waals surface area contributed by atoms with Gasteiger partial charge in [0.2, 0.25) is 6.49 Å². The molecule has 0 radical (unpaired) electrons. The molecule has 0 fully saturated rings. The summed E-state index contributed by atoms with van der Waals surface area (Å²) in [5, 5.41) is 2.90. The molecule has 1 unspecified atom stereocenters. The lowest BCUT2D eigenvalue weighted by atomic mass is 10.2. The standard InChI is InChI=1S/C16H26NO4PS/c1-13(2)21-16(18)14(3)17-22(19,12-20-4)23-11-10-15-8-6-5-7-9-15/h5-9,13-14H,10-12H2,1-4H3,(H,17,19)/t14-,22?/m0/s1. The smallest absolute Gasteiger partial charge is 0.323 e. The molecule has 0 spiro atoms. The van der Waals surface area contributed by atoms with Gasteiger partial charge in [-0.05, 0) is 32.8 Å². The van der Waals surface area contributed by atoms with Gasteiger partial charge in [0.05, 0.1) is 6.10 Å². The molecule has 0 aromatic heterocycles. The summed E-state index contributed by atoms with van der Waals surface area (Å²) in [5.74, 6) is 0.281. The third-order valence-corrected chi connectivity index (χ3v) is 7.54. The zero-order valence-electron chi connectivity index (χ0n) is 14.2. The molecule has 0 heterocycles. The van der Waals surface area contributed by atoms with Crippen LogP contribution >= 0.6 is 17.9 Å². The molecule has 0 saturated heterocycles. The van der Waals surface area contributed by atoms with Crippen molar-refractivity contribution in [2.75, 3.05) is 19.2 Å². The van der Waals surface area contributed by atoms with E-state index in [2.05, 4.69) is 5.09 Å². The maximum absolute atomic E-state index is 12.9. The molecule has 5 nitrogen and oxygen atoms in total. The molecule has 130 valence electrons. The first-order chi connectivity index (χ1) is 10.9. The van der Waals surface area contributed by atoms with Gasteiger partial charge in [-0.15, -0.1) is 0 Å². The summed E-state index contributed by atoms with van der Waals surface area (Å²) in [7, 11) is 1.50. The highest BCUT2D eigenvalue weighted by molar-refractivity contribution is 8.57. The van der Waals surface area contributed by atoms with E-state index in [1.54, 1.807) is 20.8 Å². The molecule has 23 heavy (non-hydrogen) atoms. The third kappa shape index (κ3) is 8.02. The Morgan fingerprint density at radius 3 is 2.48 bits per heavy atom. The molecule has 2 atom stereocenters. The van der Waals surface area contributed by atoms with E-state index in [4.69, 9.17) is 9.47 Å². The fraction of sp³-hybridized carbons (Fsp3) is 0.562. The molecule has 0 amide bonds. The average molecular weight is 359 g/mol. The topological polar surface area (TPSA) is 64.6 Å². The summed E-state index contributed by atoms with van der Waals surface area (Å²) in [5.41, 5.74) is 1.19. The number of hydrogen-bond donors (Lipinski definition) is 1. The van der Waals surface area contributed by atoms with Crippen molar-refractivity contribution in [3.63, 3.8) is 0 Å². The summed E-state index contributed by atoms with van der Waals surface area (Å²) in [6, 6.07) is 9.38. The number of rotatable bonds is 10. The number of aryl methyl sites for hydroxylation is 1. The molecule has 0 saturated carbocycles. The molecule has 1 aromatic rings. The van der Waals surface area contributed by atoms with Crippen LogP contribution in [0.2, 0.25) is 0 Å². The highest BCUT2D eigenvalue weighted by Crippen LogP contribution is 2.55. The van der Waals surface area contributed by atoms with Gasteiger partial charge in [0.15, 0.2) is 0 Å². The fourth-order valence-electron chi connectivity index (χ4n) is 1.92. The van der Waals surface area contributed by atoms with Crippen LogP contribution in [0.15, 0.2) is 30.3 Å². The number of hydrogen-bond acceptors (Lipinski definition) is 5. The Kier molecular flexibility index (Phi) is 8.92. The van der Waals surface area contributed by atoms with Crippen molar-refractivity contribution in [3.05, 3.63) is 35.9 Å². The minimum Gasteiger partial charge on any atom is -0.462 e. The highest BCUT2D eigenvalue weighted by atomic mass is 32.7. The van der Waals surface area contributed by atoms with Gasteiger partial charge in [0.25, 0.3) is 0 Å². The largest absolute Gasteiger partial charge is 0.462 e. The van der Waals surface area contributed by atoms with Crippen LogP contribution in [0, 0.1) is 0 Å². The number of nitrogens with one attached hydrogen (secondary N) is 1. The van der Waals surface area contributed by atoms with E-state index in [1.807, 2.05) is 30.3 Å². The molecule has 7 heteroatoms. The molecule has 0 aliphatic rings. The monoisotopic (exact) mass is 359 g/mol. The number of benzene rings is 1. The van der Waals surface area contributed by atoms with Crippen LogP contribution in [0.25, 0.3) is 0 Å². The summed E-state index contributed by atoms with van der Waals surface area (Å²) < 4.78 is 23.1. The second-order valence-electron chi connectivity index (χ2n) is 5.50. The predicted octanol–water partition coefficient (Wildman–Crippen LogP) is 3.69. The Morgan fingerprint density at radius 2 is 1.91 bits per heavy atom.